The molecule has 1 heterocycles. The highest BCUT2D eigenvalue weighted by atomic mass is 16.5. The van der Waals surface area contributed by atoms with Crippen molar-refractivity contribution in [2.24, 2.45) is 0 Å². The Labute approximate surface area is 139 Å². The number of para-hydroxylation sites is 1. The fourth-order valence-corrected chi connectivity index (χ4v) is 2.57. The van der Waals surface area contributed by atoms with E-state index in [4.69, 9.17) is 9.47 Å². The van der Waals surface area contributed by atoms with Gasteiger partial charge in [-0.15, -0.1) is 0 Å². The van der Waals surface area contributed by atoms with Crippen LogP contribution in [0.15, 0.2) is 48.7 Å². The summed E-state index contributed by atoms with van der Waals surface area (Å²) in [5.74, 6) is 1.25. The lowest BCUT2D eigenvalue weighted by Crippen LogP contribution is -2.28. The number of hydrogen-bond donors (Lipinski definition) is 3. The molecule has 0 aliphatic rings. The Morgan fingerprint density at radius 3 is 2.79 bits per heavy atom. The summed E-state index contributed by atoms with van der Waals surface area (Å²) in [7, 11) is 3.16. The molecular weight excluding hydrogens is 306 g/mol. The van der Waals surface area contributed by atoms with E-state index in [9.17, 15) is 4.79 Å². The van der Waals surface area contributed by atoms with Crippen molar-refractivity contribution >= 4 is 22.6 Å². The van der Waals surface area contributed by atoms with Gasteiger partial charge in [0, 0.05) is 34.9 Å². The molecule has 2 amide bonds. The molecule has 0 saturated carbocycles. The molecule has 3 N–H and O–H groups in total. The van der Waals surface area contributed by atoms with E-state index in [1.165, 1.54) is 0 Å². The van der Waals surface area contributed by atoms with Gasteiger partial charge >= 0.3 is 6.03 Å². The Hall–Kier alpha value is -3.15. The van der Waals surface area contributed by atoms with Gasteiger partial charge in [0.2, 0.25) is 0 Å². The number of aromatic amines is 1. The van der Waals surface area contributed by atoms with Gasteiger partial charge in [-0.3, -0.25) is 0 Å². The molecule has 0 fully saturated rings. The summed E-state index contributed by atoms with van der Waals surface area (Å²) in [6, 6.07) is 12.9. The highest BCUT2D eigenvalue weighted by Gasteiger charge is 2.10. The largest absolute Gasteiger partial charge is 0.493 e. The van der Waals surface area contributed by atoms with Crippen molar-refractivity contribution in [3.05, 3.63) is 54.2 Å². The van der Waals surface area contributed by atoms with Crippen LogP contribution in [0.2, 0.25) is 0 Å². The molecule has 3 rings (SSSR count). The number of carbonyl (C=O) groups is 1. The van der Waals surface area contributed by atoms with E-state index in [1.54, 1.807) is 14.2 Å². The van der Waals surface area contributed by atoms with Gasteiger partial charge in [0.15, 0.2) is 11.5 Å². The number of urea groups is 1. The summed E-state index contributed by atoms with van der Waals surface area (Å²) in [5.41, 5.74) is 2.60. The number of amides is 2. The molecule has 0 bridgehead atoms. The number of hydrogen-bond acceptors (Lipinski definition) is 3. The van der Waals surface area contributed by atoms with Crippen LogP contribution in [0.3, 0.4) is 0 Å². The predicted octanol–water partition coefficient (Wildman–Crippen LogP) is 3.51. The van der Waals surface area contributed by atoms with Gasteiger partial charge < -0.3 is 25.1 Å². The van der Waals surface area contributed by atoms with E-state index in [0.29, 0.717) is 18.0 Å². The minimum Gasteiger partial charge on any atom is -0.493 e. The summed E-state index contributed by atoms with van der Waals surface area (Å²) in [6.07, 6.45) is 1.86. The van der Waals surface area contributed by atoms with Crippen LogP contribution in [0.5, 0.6) is 11.5 Å². The monoisotopic (exact) mass is 325 g/mol. The first-order chi connectivity index (χ1) is 11.7. The molecule has 124 valence electrons. The van der Waals surface area contributed by atoms with Crippen LogP contribution in [0, 0.1) is 0 Å². The zero-order chi connectivity index (χ0) is 16.9. The van der Waals surface area contributed by atoms with Gasteiger partial charge in [0.05, 0.1) is 14.2 Å². The SMILES string of the molecule is COc1cccc(CNC(=O)Nc2ccc3[nH]ccc3c2)c1OC. The number of methoxy groups -OCH3 is 2. The maximum atomic E-state index is 12.1. The molecule has 24 heavy (non-hydrogen) atoms. The lowest BCUT2D eigenvalue weighted by atomic mass is 10.2. The Bertz CT molecular complexity index is 858. The van der Waals surface area contributed by atoms with E-state index in [2.05, 4.69) is 15.6 Å². The molecule has 0 aliphatic carbocycles. The van der Waals surface area contributed by atoms with Crippen molar-refractivity contribution in [2.45, 2.75) is 6.54 Å². The van der Waals surface area contributed by atoms with Crippen molar-refractivity contribution in [1.29, 1.82) is 0 Å². The molecule has 0 unspecified atom stereocenters. The third-order valence-electron chi connectivity index (χ3n) is 3.74. The molecule has 0 aliphatic heterocycles. The average molecular weight is 325 g/mol. The zero-order valence-corrected chi connectivity index (χ0v) is 13.6. The van der Waals surface area contributed by atoms with E-state index in [-0.39, 0.29) is 6.03 Å². The van der Waals surface area contributed by atoms with Gasteiger partial charge in [-0.05, 0) is 30.3 Å². The summed E-state index contributed by atoms with van der Waals surface area (Å²) in [4.78, 5) is 15.2. The van der Waals surface area contributed by atoms with Gasteiger partial charge in [-0.1, -0.05) is 12.1 Å². The molecule has 0 radical (unpaired) electrons. The smallest absolute Gasteiger partial charge is 0.319 e. The van der Waals surface area contributed by atoms with Crippen LogP contribution in [0.1, 0.15) is 5.56 Å². The van der Waals surface area contributed by atoms with Crippen molar-refractivity contribution in [1.82, 2.24) is 10.3 Å². The highest BCUT2D eigenvalue weighted by Crippen LogP contribution is 2.30. The number of H-pyrrole nitrogens is 1. The van der Waals surface area contributed by atoms with E-state index < -0.39 is 0 Å². The standard InChI is InChI=1S/C18H19N3O3/c1-23-16-5-3-4-13(17(16)24-2)11-20-18(22)21-14-6-7-15-12(10-14)8-9-19-15/h3-10,19H,11H2,1-2H3,(H2,20,21,22). The average Bonchev–Trinajstić information content (AvgIpc) is 3.07. The third kappa shape index (κ3) is 3.27. The second-order valence-electron chi connectivity index (χ2n) is 5.24. The van der Waals surface area contributed by atoms with Gasteiger partial charge in [0.1, 0.15) is 0 Å². The Balaban J connectivity index is 1.65. The Morgan fingerprint density at radius 1 is 1.12 bits per heavy atom. The molecule has 2 aromatic carbocycles. The number of fused-ring (bicyclic) bond motifs is 1. The van der Waals surface area contributed by atoms with Gasteiger partial charge in [-0.25, -0.2) is 4.79 Å². The van der Waals surface area contributed by atoms with Crippen LogP contribution >= 0.6 is 0 Å². The lowest BCUT2D eigenvalue weighted by molar-refractivity contribution is 0.251. The summed E-state index contributed by atoms with van der Waals surface area (Å²) in [6.45, 7) is 0.332. The topological polar surface area (TPSA) is 75.4 Å². The number of ether oxygens (including phenoxy) is 2. The molecular formula is C18H19N3O3. The molecule has 6 nitrogen and oxygen atoms in total. The zero-order valence-electron chi connectivity index (χ0n) is 13.6. The molecule has 3 aromatic rings. The van der Waals surface area contributed by atoms with Gasteiger partial charge in [-0.2, -0.15) is 0 Å². The minimum atomic E-state index is -0.283. The molecule has 0 saturated heterocycles. The van der Waals surface area contributed by atoms with Crippen molar-refractivity contribution in [3.63, 3.8) is 0 Å². The first-order valence-electron chi connectivity index (χ1n) is 7.53. The number of aromatic nitrogens is 1. The lowest BCUT2D eigenvalue weighted by Gasteiger charge is -2.13. The normalized spacial score (nSPS) is 10.4. The summed E-state index contributed by atoms with van der Waals surface area (Å²) in [5, 5.41) is 6.69. The van der Waals surface area contributed by atoms with Crippen molar-refractivity contribution < 1.29 is 14.3 Å². The predicted molar refractivity (Wildman–Crippen MR) is 93.7 cm³/mol. The number of anilines is 1. The fourth-order valence-electron chi connectivity index (χ4n) is 2.57. The second kappa shape index (κ2) is 6.95. The maximum absolute atomic E-state index is 12.1. The summed E-state index contributed by atoms with van der Waals surface area (Å²) >= 11 is 0. The van der Waals surface area contributed by atoms with Crippen molar-refractivity contribution in [3.8, 4) is 11.5 Å². The molecule has 0 spiro atoms. The second-order valence-corrected chi connectivity index (χ2v) is 5.24. The van der Waals surface area contributed by atoms with Crippen molar-refractivity contribution in [2.75, 3.05) is 19.5 Å². The quantitative estimate of drug-likeness (QED) is 0.672. The number of benzene rings is 2. The third-order valence-corrected chi connectivity index (χ3v) is 3.74. The number of rotatable bonds is 5. The molecule has 6 heteroatoms. The number of carbonyl (C=O) groups excluding carboxylic acids is 1. The highest BCUT2D eigenvalue weighted by molar-refractivity contribution is 5.92. The van der Waals surface area contributed by atoms with E-state index in [0.717, 1.165) is 22.2 Å². The van der Waals surface area contributed by atoms with Crippen LogP contribution in [0.25, 0.3) is 10.9 Å². The van der Waals surface area contributed by atoms with Crippen LogP contribution < -0.4 is 20.1 Å². The fraction of sp³-hybridized carbons (Fsp3) is 0.167. The first-order valence-corrected chi connectivity index (χ1v) is 7.53. The van der Waals surface area contributed by atoms with E-state index in [1.807, 2.05) is 48.7 Å². The van der Waals surface area contributed by atoms with Crippen LogP contribution in [-0.4, -0.2) is 25.2 Å². The van der Waals surface area contributed by atoms with E-state index >= 15 is 0 Å². The van der Waals surface area contributed by atoms with Crippen LogP contribution in [0.4, 0.5) is 10.5 Å². The Kier molecular flexibility index (Phi) is 4.56. The molecule has 1 aromatic heterocycles. The van der Waals surface area contributed by atoms with Gasteiger partial charge in [0.25, 0.3) is 0 Å². The first kappa shape index (κ1) is 15.7. The number of nitrogens with one attached hydrogen (secondary N) is 3. The maximum Gasteiger partial charge on any atom is 0.319 e. The minimum absolute atomic E-state index is 0.283. The summed E-state index contributed by atoms with van der Waals surface area (Å²) < 4.78 is 10.6. The molecule has 0 atom stereocenters. The Morgan fingerprint density at radius 2 is 2.00 bits per heavy atom. The van der Waals surface area contributed by atoms with Crippen LogP contribution in [-0.2, 0) is 6.54 Å².